The molecule has 0 bridgehead atoms. The van der Waals surface area contributed by atoms with Crippen molar-refractivity contribution >= 4 is 28.1 Å². The van der Waals surface area contributed by atoms with Crippen molar-refractivity contribution in [3.05, 3.63) is 45.9 Å². The van der Waals surface area contributed by atoms with Crippen LogP contribution in [-0.2, 0) is 11.3 Å². The summed E-state index contributed by atoms with van der Waals surface area (Å²) in [6, 6.07) is 10.4. The molecule has 1 fully saturated rings. The topological polar surface area (TPSA) is 28.6 Å². The predicted molar refractivity (Wildman–Crippen MR) is 91.9 cm³/mol. The minimum absolute atomic E-state index is 0.134. The maximum absolute atomic E-state index is 6.28. The zero-order valence-corrected chi connectivity index (χ0v) is 14.4. The van der Waals surface area contributed by atoms with Gasteiger partial charge in [-0.3, -0.25) is 4.90 Å². The molecule has 118 valence electrons. The summed E-state index contributed by atoms with van der Waals surface area (Å²) in [6.45, 7) is 3.39. The van der Waals surface area contributed by atoms with Crippen molar-refractivity contribution in [3.8, 4) is 0 Å². The van der Waals surface area contributed by atoms with E-state index in [-0.39, 0.29) is 6.10 Å². The molecule has 6 heteroatoms. The monoisotopic (exact) mass is 337 g/mol. The average molecular weight is 338 g/mol. The van der Waals surface area contributed by atoms with E-state index in [0.29, 0.717) is 5.15 Å². The average Bonchev–Trinajstić information content (AvgIpc) is 2.90. The van der Waals surface area contributed by atoms with Crippen molar-refractivity contribution < 1.29 is 4.74 Å². The summed E-state index contributed by atoms with van der Waals surface area (Å²) < 4.78 is 5.91. The number of benzene rings is 1. The van der Waals surface area contributed by atoms with Crippen LogP contribution in [0.2, 0.25) is 5.15 Å². The third-order valence-electron chi connectivity index (χ3n) is 3.71. The van der Waals surface area contributed by atoms with Crippen LogP contribution < -0.4 is 4.90 Å². The third kappa shape index (κ3) is 3.60. The highest BCUT2D eigenvalue weighted by atomic mass is 35.5. The second-order valence-corrected chi connectivity index (χ2v) is 7.03. The highest BCUT2D eigenvalue weighted by Gasteiger charge is 2.23. The number of hydrogen-bond acceptors (Lipinski definition) is 5. The normalized spacial score (nSPS) is 19.3. The molecular formula is C16H20ClN3OS. The quantitative estimate of drug-likeness (QED) is 0.854. The maximum atomic E-state index is 6.28. The van der Waals surface area contributed by atoms with E-state index >= 15 is 0 Å². The van der Waals surface area contributed by atoms with E-state index in [2.05, 4.69) is 34.1 Å². The second-order valence-electron chi connectivity index (χ2n) is 5.61. The van der Waals surface area contributed by atoms with E-state index < -0.39 is 0 Å². The molecule has 1 atom stereocenters. The summed E-state index contributed by atoms with van der Waals surface area (Å²) in [6.07, 6.45) is 0.134. The molecule has 0 N–H and O–H groups in total. The van der Waals surface area contributed by atoms with Gasteiger partial charge in [0.25, 0.3) is 0 Å². The smallest absolute Gasteiger partial charge is 0.186 e. The first kappa shape index (κ1) is 15.7. The molecule has 1 saturated heterocycles. The number of ether oxygens (including phenoxy) is 1. The molecule has 1 aromatic heterocycles. The third-order valence-corrected chi connectivity index (χ3v) is 5.34. The van der Waals surface area contributed by atoms with Crippen molar-refractivity contribution in [2.24, 2.45) is 0 Å². The molecule has 3 rings (SSSR count). The van der Waals surface area contributed by atoms with Gasteiger partial charge in [-0.25, -0.2) is 4.98 Å². The van der Waals surface area contributed by atoms with Gasteiger partial charge in [-0.2, -0.15) is 0 Å². The first-order valence-corrected chi connectivity index (χ1v) is 8.54. The lowest BCUT2D eigenvalue weighted by molar-refractivity contribution is -0.0326. The zero-order chi connectivity index (χ0) is 15.5. The van der Waals surface area contributed by atoms with Crippen LogP contribution in [0, 0.1) is 0 Å². The molecule has 2 heterocycles. The second kappa shape index (κ2) is 6.96. The van der Waals surface area contributed by atoms with Crippen molar-refractivity contribution in [2.45, 2.75) is 12.6 Å². The fourth-order valence-corrected chi connectivity index (χ4v) is 3.75. The molecule has 1 aliphatic heterocycles. The highest BCUT2D eigenvalue weighted by molar-refractivity contribution is 7.16. The van der Waals surface area contributed by atoms with Crippen LogP contribution in [-0.4, -0.2) is 43.7 Å². The molecule has 1 aromatic carbocycles. The standard InChI is InChI=1S/C16H20ClN3OS/c1-19(2)16-18-15(17)14(22-16)11-20-8-9-21-13(10-20)12-6-4-3-5-7-12/h3-7,13H,8-11H2,1-2H3. The first-order chi connectivity index (χ1) is 10.6. The number of anilines is 1. The van der Waals surface area contributed by atoms with E-state index in [4.69, 9.17) is 16.3 Å². The van der Waals surface area contributed by atoms with Crippen LogP contribution in [0.25, 0.3) is 0 Å². The Labute approximate surface area is 140 Å². The zero-order valence-electron chi connectivity index (χ0n) is 12.8. The largest absolute Gasteiger partial charge is 0.371 e. The van der Waals surface area contributed by atoms with Crippen molar-refractivity contribution in [1.29, 1.82) is 0 Å². The Morgan fingerprint density at radius 1 is 1.36 bits per heavy atom. The summed E-state index contributed by atoms with van der Waals surface area (Å²) in [7, 11) is 3.97. The number of morpholine rings is 1. The Kier molecular flexibility index (Phi) is 4.98. The number of thiazole rings is 1. The van der Waals surface area contributed by atoms with Gasteiger partial charge < -0.3 is 9.64 Å². The Hall–Kier alpha value is -1.14. The van der Waals surface area contributed by atoms with Crippen LogP contribution in [0.5, 0.6) is 0 Å². The van der Waals surface area contributed by atoms with E-state index in [1.54, 1.807) is 11.3 Å². The SMILES string of the molecule is CN(C)c1nc(Cl)c(CN2CCOC(c3ccccc3)C2)s1. The van der Waals surface area contributed by atoms with Gasteiger partial charge in [-0.05, 0) is 5.56 Å². The van der Waals surface area contributed by atoms with Gasteiger partial charge in [-0.1, -0.05) is 53.3 Å². The number of halogens is 1. The van der Waals surface area contributed by atoms with Gasteiger partial charge in [0.1, 0.15) is 5.15 Å². The number of aromatic nitrogens is 1. The molecule has 1 unspecified atom stereocenters. The molecule has 1 aliphatic rings. The fourth-order valence-electron chi connectivity index (χ4n) is 2.53. The maximum Gasteiger partial charge on any atom is 0.186 e. The number of rotatable bonds is 4. The van der Waals surface area contributed by atoms with E-state index in [0.717, 1.165) is 36.2 Å². The Bertz CT molecular complexity index is 617. The van der Waals surface area contributed by atoms with Crippen molar-refractivity contribution in [2.75, 3.05) is 38.7 Å². The van der Waals surface area contributed by atoms with Crippen molar-refractivity contribution in [3.63, 3.8) is 0 Å². The number of hydrogen-bond donors (Lipinski definition) is 0. The minimum atomic E-state index is 0.134. The Morgan fingerprint density at radius 2 is 2.14 bits per heavy atom. The van der Waals surface area contributed by atoms with Crippen LogP contribution in [0.4, 0.5) is 5.13 Å². The molecule has 0 amide bonds. The van der Waals surface area contributed by atoms with Gasteiger partial charge in [0.2, 0.25) is 0 Å². The summed E-state index contributed by atoms with van der Waals surface area (Å²) in [5, 5.41) is 1.57. The minimum Gasteiger partial charge on any atom is -0.371 e. The summed E-state index contributed by atoms with van der Waals surface area (Å²) >= 11 is 7.94. The van der Waals surface area contributed by atoms with Gasteiger partial charge in [-0.15, -0.1) is 0 Å². The Balaban J connectivity index is 1.68. The van der Waals surface area contributed by atoms with E-state index in [1.165, 1.54) is 5.56 Å². The molecule has 2 aromatic rings. The van der Waals surface area contributed by atoms with Crippen LogP contribution >= 0.6 is 22.9 Å². The summed E-state index contributed by atoms with van der Waals surface area (Å²) in [5.74, 6) is 0. The molecule has 0 saturated carbocycles. The lowest BCUT2D eigenvalue weighted by Gasteiger charge is -2.32. The molecule has 0 spiro atoms. The molecule has 22 heavy (non-hydrogen) atoms. The van der Waals surface area contributed by atoms with Crippen LogP contribution in [0.1, 0.15) is 16.5 Å². The van der Waals surface area contributed by atoms with Gasteiger partial charge in [0.05, 0.1) is 17.6 Å². The van der Waals surface area contributed by atoms with Crippen LogP contribution in [0.3, 0.4) is 0 Å². The predicted octanol–water partition coefficient (Wildman–Crippen LogP) is 3.44. The highest BCUT2D eigenvalue weighted by Crippen LogP contribution is 2.31. The van der Waals surface area contributed by atoms with E-state index in [1.807, 2.05) is 25.1 Å². The van der Waals surface area contributed by atoms with Gasteiger partial charge in [0, 0.05) is 33.7 Å². The summed E-state index contributed by atoms with van der Waals surface area (Å²) in [4.78, 5) is 9.91. The lowest BCUT2D eigenvalue weighted by atomic mass is 10.1. The molecule has 0 radical (unpaired) electrons. The molecule has 4 nitrogen and oxygen atoms in total. The van der Waals surface area contributed by atoms with Crippen molar-refractivity contribution in [1.82, 2.24) is 9.88 Å². The first-order valence-electron chi connectivity index (χ1n) is 7.35. The van der Waals surface area contributed by atoms with Gasteiger partial charge >= 0.3 is 0 Å². The lowest BCUT2D eigenvalue weighted by Crippen LogP contribution is -2.37. The summed E-state index contributed by atoms with van der Waals surface area (Å²) in [5.41, 5.74) is 1.23. The molecule has 0 aliphatic carbocycles. The van der Waals surface area contributed by atoms with E-state index in [9.17, 15) is 0 Å². The fraction of sp³-hybridized carbons (Fsp3) is 0.438. The molecular weight excluding hydrogens is 318 g/mol. The van der Waals surface area contributed by atoms with Gasteiger partial charge in [0.15, 0.2) is 5.13 Å². The van der Waals surface area contributed by atoms with Crippen LogP contribution in [0.15, 0.2) is 30.3 Å². The Morgan fingerprint density at radius 3 is 2.82 bits per heavy atom. The number of nitrogens with zero attached hydrogens (tertiary/aromatic N) is 3.